The molecule has 2 N–H and O–H groups in total. The van der Waals surface area contributed by atoms with E-state index in [0.717, 1.165) is 0 Å². The molecule has 0 aliphatic carbocycles. The van der Waals surface area contributed by atoms with Crippen molar-refractivity contribution in [1.29, 1.82) is 0 Å². The molecule has 0 saturated carbocycles. The third kappa shape index (κ3) is 5.16. The SMILES string of the molecule is CC[C@@](CCC=O)(NC(=O)OC(C)(C)C)C(=O)O. The molecule has 0 fully saturated rings. The second-order valence-electron chi connectivity index (χ2n) is 5.07. The summed E-state index contributed by atoms with van der Waals surface area (Å²) in [5.41, 5.74) is -2.16. The fourth-order valence-electron chi connectivity index (χ4n) is 1.44. The van der Waals surface area contributed by atoms with E-state index in [9.17, 15) is 19.5 Å². The molecule has 0 aliphatic heterocycles. The normalized spacial score (nSPS) is 14.4. The number of hydrogen-bond acceptors (Lipinski definition) is 4. The first kappa shape index (κ1) is 16.4. The first-order valence-corrected chi connectivity index (χ1v) is 5.85. The maximum absolute atomic E-state index is 11.6. The molecule has 0 bridgehead atoms. The van der Waals surface area contributed by atoms with Gasteiger partial charge in [-0.2, -0.15) is 0 Å². The van der Waals surface area contributed by atoms with Crippen LogP contribution >= 0.6 is 0 Å². The van der Waals surface area contributed by atoms with Crippen LogP contribution in [0.4, 0.5) is 4.79 Å². The molecule has 0 aromatic rings. The van der Waals surface area contributed by atoms with Crippen LogP contribution in [0.5, 0.6) is 0 Å². The summed E-state index contributed by atoms with van der Waals surface area (Å²) in [7, 11) is 0. The monoisotopic (exact) mass is 259 g/mol. The molecule has 0 heterocycles. The van der Waals surface area contributed by atoms with Gasteiger partial charge in [0.05, 0.1) is 0 Å². The Kier molecular flexibility index (Phi) is 5.81. The lowest BCUT2D eigenvalue weighted by molar-refractivity contribution is -0.145. The van der Waals surface area contributed by atoms with Crippen molar-refractivity contribution in [3.63, 3.8) is 0 Å². The number of aldehydes is 1. The number of amides is 1. The van der Waals surface area contributed by atoms with Gasteiger partial charge in [-0.05, 0) is 33.6 Å². The van der Waals surface area contributed by atoms with Gasteiger partial charge in [-0.25, -0.2) is 9.59 Å². The maximum Gasteiger partial charge on any atom is 0.408 e. The van der Waals surface area contributed by atoms with Gasteiger partial charge < -0.3 is 20.0 Å². The molecule has 0 spiro atoms. The molecular weight excluding hydrogens is 238 g/mol. The highest BCUT2D eigenvalue weighted by Gasteiger charge is 2.39. The molecule has 0 rings (SSSR count). The predicted octanol–water partition coefficient (Wildman–Crippen LogP) is 1.72. The Hall–Kier alpha value is -1.59. The minimum atomic E-state index is -1.46. The zero-order chi connectivity index (χ0) is 14.4. The zero-order valence-electron chi connectivity index (χ0n) is 11.3. The number of hydrogen-bond donors (Lipinski definition) is 2. The molecule has 0 unspecified atom stereocenters. The molecule has 0 aromatic carbocycles. The van der Waals surface area contributed by atoms with E-state index in [-0.39, 0.29) is 19.3 Å². The van der Waals surface area contributed by atoms with Gasteiger partial charge in [0.15, 0.2) is 0 Å². The fourth-order valence-corrected chi connectivity index (χ4v) is 1.44. The molecule has 1 atom stereocenters. The molecule has 104 valence electrons. The Morgan fingerprint density at radius 1 is 1.33 bits per heavy atom. The van der Waals surface area contributed by atoms with Crippen molar-refractivity contribution in [1.82, 2.24) is 5.32 Å². The summed E-state index contributed by atoms with van der Waals surface area (Å²) in [5.74, 6) is -1.17. The number of rotatable bonds is 6. The highest BCUT2D eigenvalue weighted by atomic mass is 16.6. The number of carboxylic acid groups (broad SMARTS) is 1. The van der Waals surface area contributed by atoms with Gasteiger partial charge in [0, 0.05) is 6.42 Å². The molecule has 1 amide bonds. The Balaban J connectivity index is 4.83. The quantitative estimate of drug-likeness (QED) is 0.708. The summed E-state index contributed by atoms with van der Waals surface area (Å²) in [5, 5.41) is 11.6. The Morgan fingerprint density at radius 2 is 1.89 bits per heavy atom. The molecular formula is C12H21NO5. The Morgan fingerprint density at radius 3 is 2.22 bits per heavy atom. The van der Waals surface area contributed by atoms with Crippen molar-refractivity contribution in [2.45, 2.75) is 58.1 Å². The van der Waals surface area contributed by atoms with Crippen LogP contribution in [0.25, 0.3) is 0 Å². The summed E-state index contributed by atoms with van der Waals surface area (Å²) in [6.07, 6.45) is 0.120. The third-order valence-electron chi connectivity index (χ3n) is 2.44. The van der Waals surface area contributed by atoms with E-state index in [2.05, 4.69) is 5.32 Å². The summed E-state index contributed by atoms with van der Waals surface area (Å²) in [6, 6.07) is 0. The van der Waals surface area contributed by atoms with Crippen LogP contribution in [0.1, 0.15) is 47.0 Å². The second-order valence-corrected chi connectivity index (χ2v) is 5.07. The standard InChI is InChI=1S/C12H21NO5/c1-5-12(9(15)16,7-6-8-14)13-10(17)18-11(2,3)4/h8H,5-7H2,1-4H3,(H,13,17)(H,15,16)/t12-/m0/s1. The number of nitrogens with one attached hydrogen (secondary N) is 1. The molecule has 18 heavy (non-hydrogen) atoms. The lowest BCUT2D eigenvalue weighted by Crippen LogP contribution is -2.55. The minimum Gasteiger partial charge on any atom is -0.480 e. The third-order valence-corrected chi connectivity index (χ3v) is 2.44. The Bertz CT molecular complexity index is 321. The zero-order valence-corrected chi connectivity index (χ0v) is 11.3. The number of carboxylic acids is 1. The van der Waals surface area contributed by atoms with E-state index in [1.165, 1.54) is 0 Å². The van der Waals surface area contributed by atoms with Gasteiger partial charge in [0.1, 0.15) is 17.4 Å². The number of carbonyl (C=O) groups is 3. The van der Waals surface area contributed by atoms with Gasteiger partial charge in [-0.15, -0.1) is 0 Å². The van der Waals surface area contributed by atoms with Crippen LogP contribution in [0.3, 0.4) is 0 Å². The van der Waals surface area contributed by atoms with Crippen LogP contribution in [-0.2, 0) is 14.3 Å². The van der Waals surface area contributed by atoms with Gasteiger partial charge in [-0.3, -0.25) is 0 Å². The largest absolute Gasteiger partial charge is 0.480 e. The van der Waals surface area contributed by atoms with E-state index in [0.29, 0.717) is 6.29 Å². The smallest absolute Gasteiger partial charge is 0.408 e. The highest BCUT2D eigenvalue weighted by Crippen LogP contribution is 2.19. The Labute approximate surface area is 107 Å². The topological polar surface area (TPSA) is 92.7 Å². The van der Waals surface area contributed by atoms with E-state index in [4.69, 9.17) is 4.74 Å². The molecule has 0 saturated heterocycles. The summed E-state index contributed by atoms with van der Waals surface area (Å²) in [6.45, 7) is 6.70. The van der Waals surface area contributed by atoms with Crippen LogP contribution < -0.4 is 5.32 Å². The average Bonchev–Trinajstić information content (AvgIpc) is 2.21. The molecule has 0 aliphatic rings. The van der Waals surface area contributed by atoms with Crippen molar-refractivity contribution in [3.05, 3.63) is 0 Å². The van der Waals surface area contributed by atoms with Crippen molar-refractivity contribution >= 4 is 18.3 Å². The summed E-state index contributed by atoms with van der Waals surface area (Å²) in [4.78, 5) is 33.3. The van der Waals surface area contributed by atoms with Crippen LogP contribution in [-0.4, -0.2) is 34.6 Å². The first-order valence-electron chi connectivity index (χ1n) is 5.85. The molecule has 0 radical (unpaired) electrons. The molecule has 6 heteroatoms. The lowest BCUT2D eigenvalue weighted by atomic mass is 9.91. The molecule has 6 nitrogen and oxygen atoms in total. The number of alkyl carbamates (subject to hydrolysis) is 1. The van der Waals surface area contributed by atoms with Crippen LogP contribution in [0.2, 0.25) is 0 Å². The van der Waals surface area contributed by atoms with E-state index < -0.39 is 23.2 Å². The number of carbonyl (C=O) groups excluding carboxylic acids is 2. The van der Waals surface area contributed by atoms with E-state index in [1.807, 2.05) is 0 Å². The van der Waals surface area contributed by atoms with Gasteiger partial charge in [0.25, 0.3) is 0 Å². The highest BCUT2D eigenvalue weighted by molar-refractivity contribution is 5.84. The second kappa shape index (κ2) is 6.37. The van der Waals surface area contributed by atoms with Crippen molar-refractivity contribution in [3.8, 4) is 0 Å². The summed E-state index contributed by atoms with van der Waals surface area (Å²) >= 11 is 0. The lowest BCUT2D eigenvalue weighted by Gasteiger charge is -2.30. The first-order chi connectivity index (χ1) is 8.17. The van der Waals surface area contributed by atoms with E-state index in [1.54, 1.807) is 27.7 Å². The van der Waals surface area contributed by atoms with Crippen molar-refractivity contribution in [2.24, 2.45) is 0 Å². The minimum absolute atomic E-state index is 0.0432. The number of ether oxygens (including phenoxy) is 1. The summed E-state index contributed by atoms with van der Waals surface area (Å²) < 4.78 is 5.02. The average molecular weight is 259 g/mol. The van der Waals surface area contributed by atoms with Crippen molar-refractivity contribution < 1.29 is 24.2 Å². The number of aliphatic carboxylic acids is 1. The predicted molar refractivity (Wildman–Crippen MR) is 65.3 cm³/mol. The van der Waals surface area contributed by atoms with Gasteiger partial charge >= 0.3 is 12.1 Å². The van der Waals surface area contributed by atoms with Crippen LogP contribution in [0.15, 0.2) is 0 Å². The van der Waals surface area contributed by atoms with Gasteiger partial charge in [-0.1, -0.05) is 6.92 Å². The van der Waals surface area contributed by atoms with Crippen molar-refractivity contribution in [2.75, 3.05) is 0 Å². The van der Waals surface area contributed by atoms with E-state index >= 15 is 0 Å². The van der Waals surface area contributed by atoms with Gasteiger partial charge in [0.2, 0.25) is 0 Å². The fraction of sp³-hybridized carbons (Fsp3) is 0.750. The van der Waals surface area contributed by atoms with Crippen LogP contribution in [0, 0.1) is 0 Å². The maximum atomic E-state index is 11.6. The molecule has 0 aromatic heterocycles.